The quantitative estimate of drug-likeness (QED) is 0.264. The summed E-state index contributed by atoms with van der Waals surface area (Å²) in [5.41, 5.74) is 6.34. The third-order valence-corrected chi connectivity index (χ3v) is 1.58. The van der Waals surface area contributed by atoms with E-state index in [1.54, 1.807) is 12.1 Å². The Morgan fingerprint density at radius 1 is 1.14 bits per heavy atom. The van der Waals surface area contributed by atoms with Crippen molar-refractivity contribution in [1.82, 2.24) is 0 Å². The lowest BCUT2D eigenvalue weighted by Crippen LogP contribution is -2.46. The molecule has 1 aromatic carbocycles. The molecule has 0 radical (unpaired) electrons. The first kappa shape index (κ1) is 10.7. The van der Waals surface area contributed by atoms with Crippen LogP contribution in [0.5, 0.6) is 0 Å². The van der Waals surface area contributed by atoms with Crippen molar-refractivity contribution in [1.29, 1.82) is 0 Å². The summed E-state index contributed by atoms with van der Waals surface area (Å²) in [5, 5.41) is 37.0. The number of benzene rings is 1. The van der Waals surface area contributed by atoms with Crippen LogP contribution in [-0.2, 0) is 0 Å². The highest BCUT2D eigenvalue weighted by Crippen LogP contribution is 2.13. The van der Waals surface area contributed by atoms with Gasteiger partial charge in [-0.1, -0.05) is 0 Å². The zero-order chi connectivity index (χ0) is 10.8. The number of hydrogen-bond donors (Lipinski definition) is 6. The molecule has 6 heteroatoms. The fraction of sp³-hybridized carbons (Fsp3) is 0.250. The Morgan fingerprint density at radius 2 is 1.64 bits per heavy atom. The van der Waals surface area contributed by atoms with Gasteiger partial charge in [0.05, 0.1) is 0 Å². The standard InChI is InChI=1S/C8H12N2O4/c9-5-1-3-6(4-2-5)10-7(11)8(12,13)14/h1-4,7,10-14H,9H2. The zero-order valence-electron chi connectivity index (χ0n) is 7.25. The fourth-order valence-corrected chi connectivity index (χ4v) is 0.834. The van der Waals surface area contributed by atoms with Gasteiger partial charge >= 0.3 is 5.97 Å². The van der Waals surface area contributed by atoms with Crippen molar-refractivity contribution in [3.05, 3.63) is 24.3 Å². The van der Waals surface area contributed by atoms with E-state index < -0.39 is 12.2 Å². The molecule has 0 amide bonds. The maximum Gasteiger partial charge on any atom is 0.322 e. The molecule has 7 N–H and O–H groups in total. The van der Waals surface area contributed by atoms with Gasteiger partial charge in [0.1, 0.15) is 0 Å². The van der Waals surface area contributed by atoms with E-state index in [0.717, 1.165) is 0 Å². The number of nitrogens with two attached hydrogens (primary N) is 1. The summed E-state index contributed by atoms with van der Waals surface area (Å²) >= 11 is 0. The summed E-state index contributed by atoms with van der Waals surface area (Å²) in [6.45, 7) is 0. The molecule has 0 fully saturated rings. The van der Waals surface area contributed by atoms with Crippen molar-refractivity contribution in [2.45, 2.75) is 12.2 Å². The molecule has 0 saturated carbocycles. The lowest BCUT2D eigenvalue weighted by Gasteiger charge is -2.22. The summed E-state index contributed by atoms with van der Waals surface area (Å²) in [6.07, 6.45) is -1.90. The number of aliphatic hydroxyl groups is 4. The molecule has 1 rings (SSSR count). The minimum atomic E-state index is -3.18. The maximum atomic E-state index is 9.02. The fourth-order valence-electron chi connectivity index (χ4n) is 0.834. The molecule has 0 aliphatic heterocycles. The molecule has 1 unspecified atom stereocenters. The predicted octanol–water partition coefficient (Wildman–Crippen LogP) is -1.37. The van der Waals surface area contributed by atoms with E-state index in [9.17, 15) is 0 Å². The maximum absolute atomic E-state index is 9.02. The summed E-state index contributed by atoms with van der Waals surface area (Å²) in [6, 6.07) is 6.15. The molecule has 14 heavy (non-hydrogen) atoms. The third-order valence-electron chi connectivity index (χ3n) is 1.58. The lowest BCUT2D eigenvalue weighted by molar-refractivity contribution is -0.348. The van der Waals surface area contributed by atoms with E-state index >= 15 is 0 Å². The summed E-state index contributed by atoms with van der Waals surface area (Å²) in [4.78, 5) is 0. The van der Waals surface area contributed by atoms with Gasteiger partial charge in [-0.25, -0.2) is 0 Å². The van der Waals surface area contributed by atoms with Crippen molar-refractivity contribution < 1.29 is 20.4 Å². The van der Waals surface area contributed by atoms with Crippen molar-refractivity contribution in [3.8, 4) is 0 Å². The summed E-state index contributed by atoms with van der Waals surface area (Å²) in [7, 11) is 0. The van der Waals surface area contributed by atoms with Crippen LogP contribution in [0, 0.1) is 0 Å². The van der Waals surface area contributed by atoms with Gasteiger partial charge in [0, 0.05) is 11.4 Å². The minimum absolute atomic E-state index is 0.397. The number of anilines is 2. The van der Waals surface area contributed by atoms with Crippen molar-refractivity contribution in [2.24, 2.45) is 0 Å². The SMILES string of the molecule is Nc1ccc(NC(O)C(O)(O)O)cc1. The Kier molecular flexibility index (Phi) is 2.92. The normalized spacial score (nSPS) is 13.7. The molecule has 0 aliphatic carbocycles. The second-order valence-corrected chi connectivity index (χ2v) is 2.86. The van der Waals surface area contributed by atoms with Crippen LogP contribution >= 0.6 is 0 Å². The third kappa shape index (κ3) is 2.86. The topological polar surface area (TPSA) is 119 Å². The first-order chi connectivity index (χ1) is 6.39. The van der Waals surface area contributed by atoms with Gasteiger partial charge in [0.25, 0.3) is 0 Å². The number of nitrogen functional groups attached to an aromatic ring is 1. The second kappa shape index (κ2) is 3.81. The number of rotatable bonds is 3. The highest BCUT2D eigenvalue weighted by atomic mass is 16.7. The van der Waals surface area contributed by atoms with E-state index in [4.69, 9.17) is 26.2 Å². The van der Waals surface area contributed by atoms with Crippen molar-refractivity contribution in [2.75, 3.05) is 11.1 Å². The zero-order valence-corrected chi connectivity index (χ0v) is 7.25. The van der Waals surface area contributed by atoms with E-state index in [0.29, 0.717) is 11.4 Å². The Hall–Kier alpha value is -1.34. The van der Waals surface area contributed by atoms with Gasteiger partial charge in [0.2, 0.25) is 6.23 Å². The van der Waals surface area contributed by atoms with Gasteiger partial charge in [-0.2, -0.15) is 0 Å². The van der Waals surface area contributed by atoms with Crippen LogP contribution in [0.15, 0.2) is 24.3 Å². The molecular weight excluding hydrogens is 188 g/mol. The van der Waals surface area contributed by atoms with E-state index in [-0.39, 0.29) is 0 Å². The summed E-state index contributed by atoms with van der Waals surface area (Å²) < 4.78 is 0. The number of hydrogen-bond acceptors (Lipinski definition) is 6. The van der Waals surface area contributed by atoms with Crippen molar-refractivity contribution in [3.63, 3.8) is 0 Å². The van der Waals surface area contributed by atoms with Gasteiger partial charge < -0.3 is 31.5 Å². The highest BCUT2D eigenvalue weighted by molar-refractivity contribution is 5.51. The van der Waals surface area contributed by atoms with Crippen LogP contribution in [0.25, 0.3) is 0 Å². The van der Waals surface area contributed by atoms with E-state index in [1.165, 1.54) is 12.1 Å². The molecule has 1 atom stereocenters. The smallest absolute Gasteiger partial charge is 0.322 e. The van der Waals surface area contributed by atoms with E-state index in [1.807, 2.05) is 0 Å². The molecule has 78 valence electrons. The molecule has 0 aliphatic rings. The Morgan fingerprint density at radius 3 is 2.07 bits per heavy atom. The van der Waals surface area contributed by atoms with Crippen LogP contribution in [0.3, 0.4) is 0 Å². The highest BCUT2D eigenvalue weighted by Gasteiger charge is 2.30. The molecule has 0 spiro atoms. The van der Waals surface area contributed by atoms with Crippen LogP contribution in [0.2, 0.25) is 0 Å². The first-order valence-corrected chi connectivity index (χ1v) is 3.87. The Balaban J connectivity index is 2.65. The molecule has 0 bridgehead atoms. The van der Waals surface area contributed by atoms with Crippen LogP contribution < -0.4 is 11.1 Å². The summed E-state index contributed by atoms with van der Waals surface area (Å²) in [5.74, 6) is -3.18. The van der Waals surface area contributed by atoms with Gasteiger partial charge in [-0.3, -0.25) is 0 Å². The van der Waals surface area contributed by atoms with Gasteiger partial charge in [-0.15, -0.1) is 0 Å². The van der Waals surface area contributed by atoms with Crippen LogP contribution in [-0.4, -0.2) is 32.6 Å². The molecule has 1 aromatic rings. The molecule has 0 heterocycles. The van der Waals surface area contributed by atoms with Crippen LogP contribution in [0.1, 0.15) is 0 Å². The van der Waals surface area contributed by atoms with E-state index in [2.05, 4.69) is 5.32 Å². The Bertz CT molecular complexity index is 293. The van der Waals surface area contributed by atoms with Crippen LogP contribution in [0.4, 0.5) is 11.4 Å². The largest absolute Gasteiger partial charge is 0.399 e. The average Bonchev–Trinajstić information content (AvgIpc) is 2.07. The first-order valence-electron chi connectivity index (χ1n) is 3.87. The monoisotopic (exact) mass is 200 g/mol. The molecule has 0 saturated heterocycles. The predicted molar refractivity (Wildman–Crippen MR) is 49.9 cm³/mol. The Labute approximate surface area is 80.2 Å². The second-order valence-electron chi connectivity index (χ2n) is 2.86. The number of aliphatic hydroxyl groups excluding tert-OH is 1. The molecular formula is C8H12N2O4. The average molecular weight is 200 g/mol. The van der Waals surface area contributed by atoms with Gasteiger partial charge in [0.15, 0.2) is 0 Å². The van der Waals surface area contributed by atoms with Crippen molar-refractivity contribution >= 4 is 11.4 Å². The number of nitrogens with one attached hydrogen (secondary N) is 1. The minimum Gasteiger partial charge on any atom is -0.399 e. The molecule has 0 aromatic heterocycles. The van der Waals surface area contributed by atoms with Gasteiger partial charge in [-0.05, 0) is 24.3 Å². The lowest BCUT2D eigenvalue weighted by atomic mass is 10.3. The molecule has 6 nitrogen and oxygen atoms in total.